The lowest BCUT2D eigenvalue weighted by Crippen LogP contribution is -2.39. The van der Waals surface area contributed by atoms with Crippen molar-refractivity contribution in [1.29, 1.82) is 0 Å². The van der Waals surface area contributed by atoms with Crippen LogP contribution in [0, 0.1) is 13.8 Å². The molecule has 1 aromatic rings. The fraction of sp³-hybridized carbons (Fsp3) is 0.643. The third kappa shape index (κ3) is 7.92. The molecule has 1 heterocycles. The molecule has 6 nitrogen and oxygen atoms in total. The first-order valence-electron chi connectivity index (χ1n) is 7.09. The molecule has 0 bridgehead atoms. The Kier molecular flexibility index (Phi) is 10.3. The Labute approximate surface area is 153 Å². The van der Waals surface area contributed by atoms with Crippen molar-refractivity contribution in [3.63, 3.8) is 0 Å². The van der Waals surface area contributed by atoms with Gasteiger partial charge in [0.2, 0.25) is 5.91 Å². The summed E-state index contributed by atoms with van der Waals surface area (Å²) in [5.41, 5.74) is 1.07. The second-order valence-corrected chi connectivity index (χ2v) is 6.36. The van der Waals surface area contributed by atoms with Crippen molar-refractivity contribution in [2.24, 2.45) is 4.99 Å². The van der Waals surface area contributed by atoms with Crippen LogP contribution in [-0.4, -0.2) is 36.5 Å². The third-order valence-corrected chi connectivity index (χ3v) is 3.87. The Hall–Kier alpha value is -0.900. The van der Waals surface area contributed by atoms with Crippen LogP contribution in [-0.2, 0) is 11.3 Å². The number of aliphatic imine (C=N–C) groups is 1. The maximum Gasteiger partial charge on any atom is 0.221 e. The number of carbonyl (C=O) groups excluding carboxylic acids is 1. The molecule has 0 saturated heterocycles. The highest BCUT2D eigenvalue weighted by Gasteiger charge is 2.06. The first-order chi connectivity index (χ1) is 9.92. The van der Waals surface area contributed by atoms with Crippen LogP contribution >= 0.6 is 35.3 Å². The molecular formula is C14H26IN5OS. The number of carbonyl (C=O) groups is 1. The van der Waals surface area contributed by atoms with Crippen molar-refractivity contribution < 1.29 is 4.79 Å². The van der Waals surface area contributed by atoms with Gasteiger partial charge < -0.3 is 16.0 Å². The van der Waals surface area contributed by atoms with Gasteiger partial charge in [-0.25, -0.2) is 4.98 Å². The number of hydrogen-bond acceptors (Lipinski definition) is 4. The molecule has 1 amide bonds. The zero-order valence-corrected chi connectivity index (χ0v) is 17.0. The Bertz CT molecular complexity index is 482. The molecule has 0 aromatic carbocycles. The summed E-state index contributed by atoms with van der Waals surface area (Å²) in [6.07, 6.45) is 0.425. The molecule has 22 heavy (non-hydrogen) atoms. The van der Waals surface area contributed by atoms with Crippen LogP contribution in [0.5, 0.6) is 0 Å². The van der Waals surface area contributed by atoms with Gasteiger partial charge in [-0.2, -0.15) is 0 Å². The van der Waals surface area contributed by atoms with E-state index >= 15 is 0 Å². The van der Waals surface area contributed by atoms with Crippen LogP contribution in [0.25, 0.3) is 0 Å². The monoisotopic (exact) mass is 439 g/mol. The summed E-state index contributed by atoms with van der Waals surface area (Å²) in [6.45, 7) is 9.16. The van der Waals surface area contributed by atoms with E-state index in [0.29, 0.717) is 25.5 Å². The van der Waals surface area contributed by atoms with Gasteiger partial charge in [0.25, 0.3) is 0 Å². The quantitative estimate of drug-likeness (QED) is 0.360. The summed E-state index contributed by atoms with van der Waals surface area (Å²) in [4.78, 5) is 21.4. The Balaban J connectivity index is 0.00000441. The molecule has 3 N–H and O–H groups in total. The Morgan fingerprint density at radius 2 is 2.00 bits per heavy atom. The molecule has 0 fully saturated rings. The third-order valence-electron chi connectivity index (χ3n) is 2.80. The number of amides is 1. The van der Waals surface area contributed by atoms with Crippen LogP contribution < -0.4 is 16.0 Å². The van der Waals surface area contributed by atoms with Gasteiger partial charge >= 0.3 is 0 Å². The summed E-state index contributed by atoms with van der Waals surface area (Å²) < 4.78 is 0. The molecule has 1 rings (SSSR count). The van der Waals surface area contributed by atoms with Crippen molar-refractivity contribution >= 4 is 47.2 Å². The Morgan fingerprint density at radius 1 is 1.32 bits per heavy atom. The predicted octanol–water partition coefficient (Wildman–Crippen LogP) is 1.96. The van der Waals surface area contributed by atoms with Gasteiger partial charge in [0.15, 0.2) is 5.96 Å². The second kappa shape index (κ2) is 10.8. The first-order valence-corrected chi connectivity index (χ1v) is 7.90. The number of halogens is 1. The molecule has 0 aliphatic rings. The summed E-state index contributed by atoms with van der Waals surface area (Å²) in [6, 6.07) is 0.173. The molecule has 0 spiro atoms. The number of thiazole rings is 1. The number of nitrogens with zero attached hydrogens (tertiary/aromatic N) is 2. The number of aryl methyl sites for hydroxylation is 2. The minimum Gasteiger partial charge on any atom is -0.356 e. The number of rotatable bonds is 6. The normalized spacial score (nSPS) is 11.1. The maximum absolute atomic E-state index is 11.5. The molecule has 126 valence electrons. The predicted molar refractivity (Wildman–Crippen MR) is 103 cm³/mol. The zero-order valence-electron chi connectivity index (χ0n) is 13.8. The standard InChI is InChI=1S/C14H25N5OS.HI/c1-9(2)18-12(20)6-7-16-14(15-5)17-8-13-19-10(3)11(4)21-13;/h9H,6-8H2,1-5H3,(H,18,20)(H2,15,16,17);1H. The molecule has 0 saturated carbocycles. The zero-order chi connectivity index (χ0) is 15.8. The van der Waals surface area contributed by atoms with E-state index in [-0.39, 0.29) is 35.9 Å². The van der Waals surface area contributed by atoms with E-state index in [4.69, 9.17) is 0 Å². The molecule has 0 aliphatic heterocycles. The minimum atomic E-state index is 0. The average molecular weight is 439 g/mol. The second-order valence-electron chi connectivity index (χ2n) is 5.07. The van der Waals surface area contributed by atoms with Crippen LogP contribution in [0.1, 0.15) is 35.8 Å². The van der Waals surface area contributed by atoms with Gasteiger partial charge in [-0.15, -0.1) is 35.3 Å². The van der Waals surface area contributed by atoms with Crippen LogP contribution in [0.15, 0.2) is 4.99 Å². The largest absolute Gasteiger partial charge is 0.356 e. The van der Waals surface area contributed by atoms with Gasteiger partial charge in [0, 0.05) is 30.9 Å². The lowest BCUT2D eigenvalue weighted by molar-refractivity contribution is -0.121. The van der Waals surface area contributed by atoms with E-state index < -0.39 is 0 Å². The summed E-state index contributed by atoms with van der Waals surface area (Å²) >= 11 is 1.68. The van der Waals surface area contributed by atoms with Gasteiger partial charge in [0.05, 0.1) is 12.2 Å². The minimum absolute atomic E-state index is 0. The van der Waals surface area contributed by atoms with E-state index in [9.17, 15) is 4.79 Å². The fourth-order valence-electron chi connectivity index (χ4n) is 1.68. The van der Waals surface area contributed by atoms with Crippen molar-refractivity contribution in [3.8, 4) is 0 Å². The van der Waals surface area contributed by atoms with E-state index in [0.717, 1.165) is 10.7 Å². The SMILES string of the molecule is CN=C(NCCC(=O)NC(C)C)NCc1nc(C)c(C)s1.I. The lowest BCUT2D eigenvalue weighted by atomic mass is 10.3. The molecular weight excluding hydrogens is 413 g/mol. The molecule has 0 unspecified atom stereocenters. The average Bonchev–Trinajstić information content (AvgIpc) is 2.72. The van der Waals surface area contributed by atoms with Crippen molar-refractivity contribution in [2.45, 2.75) is 46.7 Å². The molecule has 8 heteroatoms. The highest BCUT2D eigenvalue weighted by molar-refractivity contribution is 14.0. The number of nitrogens with one attached hydrogen (secondary N) is 3. The van der Waals surface area contributed by atoms with Crippen LogP contribution in [0.4, 0.5) is 0 Å². The Morgan fingerprint density at radius 3 is 2.50 bits per heavy atom. The van der Waals surface area contributed by atoms with Crippen molar-refractivity contribution in [1.82, 2.24) is 20.9 Å². The summed E-state index contributed by atoms with van der Waals surface area (Å²) in [5, 5.41) is 10.2. The van der Waals surface area contributed by atoms with Gasteiger partial charge in [-0.1, -0.05) is 0 Å². The highest BCUT2D eigenvalue weighted by atomic mass is 127. The van der Waals surface area contributed by atoms with Crippen LogP contribution in [0.2, 0.25) is 0 Å². The smallest absolute Gasteiger partial charge is 0.221 e. The van der Waals surface area contributed by atoms with E-state index in [1.54, 1.807) is 18.4 Å². The fourth-order valence-corrected chi connectivity index (χ4v) is 2.56. The van der Waals surface area contributed by atoms with Gasteiger partial charge in [0.1, 0.15) is 5.01 Å². The van der Waals surface area contributed by atoms with E-state index in [2.05, 4.69) is 32.9 Å². The maximum atomic E-state index is 11.5. The molecule has 0 atom stereocenters. The lowest BCUT2D eigenvalue weighted by Gasteiger charge is -2.12. The first kappa shape index (κ1) is 21.1. The van der Waals surface area contributed by atoms with Gasteiger partial charge in [-0.05, 0) is 27.7 Å². The van der Waals surface area contributed by atoms with Crippen LogP contribution in [0.3, 0.4) is 0 Å². The summed E-state index contributed by atoms with van der Waals surface area (Å²) in [5.74, 6) is 0.719. The summed E-state index contributed by atoms with van der Waals surface area (Å²) in [7, 11) is 1.71. The molecule has 1 aromatic heterocycles. The van der Waals surface area contributed by atoms with Crippen molar-refractivity contribution in [3.05, 3.63) is 15.6 Å². The molecule has 0 radical (unpaired) electrons. The number of guanidine groups is 1. The topological polar surface area (TPSA) is 78.4 Å². The van der Waals surface area contributed by atoms with E-state index in [1.807, 2.05) is 20.8 Å². The number of hydrogen-bond donors (Lipinski definition) is 3. The highest BCUT2D eigenvalue weighted by Crippen LogP contribution is 2.15. The molecule has 0 aliphatic carbocycles. The number of aromatic nitrogens is 1. The van der Waals surface area contributed by atoms with Gasteiger partial charge in [-0.3, -0.25) is 9.79 Å². The van der Waals surface area contributed by atoms with E-state index in [1.165, 1.54) is 4.88 Å². The van der Waals surface area contributed by atoms with Crippen molar-refractivity contribution in [2.75, 3.05) is 13.6 Å².